The summed E-state index contributed by atoms with van der Waals surface area (Å²) < 4.78 is 45.8. The molecule has 4 aromatic rings. The molecular weight excluding hydrogens is 485 g/mol. The number of nitrogens with zero attached hydrogens (tertiary/aromatic N) is 7. The summed E-state index contributed by atoms with van der Waals surface area (Å²) in [5.41, 5.74) is 8.05. The molecule has 6 rings (SSSR count). The van der Waals surface area contributed by atoms with E-state index in [0.29, 0.717) is 28.1 Å². The number of alkyl halides is 2. The van der Waals surface area contributed by atoms with E-state index in [9.17, 15) is 18.0 Å². The number of amides is 1. The van der Waals surface area contributed by atoms with Crippen molar-refractivity contribution in [3.05, 3.63) is 54.5 Å². The van der Waals surface area contributed by atoms with Crippen LogP contribution in [0.15, 0.2) is 37.4 Å². The number of nitrogen functional groups attached to an aromatic ring is 1. The number of anilines is 1. The molecule has 1 amide bonds. The van der Waals surface area contributed by atoms with Crippen molar-refractivity contribution in [2.45, 2.75) is 43.8 Å². The molecule has 1 unspecified atom stereocenters. The maximum absolute atomic E-state index is 14.9. The van der Waals surface area contributed by atoms with Crippen LogP contribution in [0.4, 0.5) is 19.0 Å². The molecule has 0 bridgehead atoms. The van der Waals surface area contributed by atoms with E-state index in [1.165, 1.54) is 17.1 Å². The molecule has 4 heterocycles. The predicted molar refractivity (Wildman–Crippen MR) is 129 cm³/mol. The van der Waals surface area contributed by atoms with Crippen molar-refractivity contribution in [3.8, 4) is 11.8 Å². The van der Waals surface area contributed by atoms with Crippen LogP contribution in [0.2, 0.25) is 0 Å². The zero-order chi connectivity index (χ0) is 25.8. The molecule has 0 spiro atoms. The molecule has 1 saturated heterocycles. The zero-order valence-electron chi connectivity index (χ0n) is 19.5. The van der Waals surface area contributed by atoms with Gasteiger partial charge in [0.05, 0.1) is 40.4 Å². The summed E-state index contributed by atoms with van der Waals surface area (Å²) in [6.07, 6.45) is 3.27. The molecule has 1 saturated carbocycles. The van der Waals surface area contributed by atoms with E-state index in [0.717, 1.165) is 23.8 Å². The summed E-state index contributed by atoms with van der Waals surface area (Å²) in [5, 5.41) is 4.83. The van der Waals surface area contributed by atoms with Gasteiger partial charge in [-0.3, -0.25) is 4.79 Å². The summed E-state index contributed by atoms with van der Waals surface area (Å²) >= 11 is 0. The fourth-order valence-corrected chi connectivity index (χ4v) is 4.88. The number of hydrogen-bond donors (Lipinski definition) is 1. The molecule has 2 N–H and O–H groups in total. The maximum Gasteiger partial charge on any atom is 0.258 e. The highest BCUT2D eigenvalue weighted by Crippen LogP contribution is 2.37. The van der Waals surface area contributed by atoms with E-state index >= 15 is 0 Å². The Balaban J connectivity index is 1.40. The third-order valence-corrected chi connectivity index (χ3v) is 6.85. The molecule has 0 radical (unpaired) electrons. The predicted octanol–water partition coefficient (Wildman–Crippen LogP) is 3.23. The second kappa shape index (κ2) is 8.62. The standard InChI is InChI=1S/C25H21F3N8O/c1-2-21(37)34-10-15(8-20(34)23(27)28)36-25-22(24(29)30-11-31-25)17(33-36)6-3-13-7-18-19(9-16(13)26)35(12-32-18)14-4-5-14/h2,7,9,11-12,14-15,20,23H,1,4-5,8,10H2,(H2,29,30,31)/t15?,20-/m1/s1. The van der Waals surface area contributed by atoms with Gasteiger partial charge in [-0.25, -0.2) is 32.8 Å². The Labute approximate surface area is 208 Å². The van der Waals surface area contributed by atoms with E-state index in [4.69, 9.17) is 5.73 Å². The monoisotopic (exact) mass is 506 g/mol. The van der Waals surface area contributed by atoms with E-state index in [-0.39, 0.29) is 30.0 Å². The first-order valence-corrected chi connectivity index (χ1v) is 11.7. The highest BCUT2D eigenvalue weighted by Gasteiger charge is 2.41. The van der Waals surface area contributed by atoms with Gasteiger partial charge in [-0.2, -0.15) is 5.10 Å². The van der Waals surface area contributed by atoms with E-state index < -0.39 is 30.2 Å². The second-order valence-electron chi connectivity index (χ2n) is 9.19. The van der Waals surface area contributed by atoms with E-state index in [2.05, 4.69) is 38.5 Å². The number of fused-ring (bicyclic) bond motifs is 2. The normalized spacial score (nSPS) is 19.5. The van der Waals surface area contributed by atoms with Crippen LogP contribution < -0.4 is 5.73 Å². The molecule has 188 valence electrons. The third-order valence-electron chi connectivity index (χ3n) is 6.85. The Morgan fingerprint density at radius 2 is 2.00 bits per heavy atom. The van der Waals surface area contributed by atoms with Crippen molar-refractivity contribution >= 4 is 33.8 Å². The van der Waals surface area contributed by atoms with Crippen LogP contribution >= 0.6 is 0 Å². The molecule has 1 aromatic carbocycles. The first-order valence-electron chi connectivity index (χ1n) is 11.7. The Morgan fingerprint density at radius 3 is 2.73 bits per heavy atom. The number of aromatic nitrogens is 6. The molecule has 1 aliphatic heterocycles. The quantitative estimate of drug-likeness (QED) is 0.336. The lowest BCUT2D eigenvalue weighted by Gasteiger charge is -2.21. The number of hydrogen-bond acceptors (Lipinski definition) is 6. The number of carbonyl (C=O) groups excluding carboxylic acids is 1. The molecule has 2 fully saturated rings. The van der Waals surface area contributed by atoms with Crippen LogP contribution in [0.3, 0.4) is 0 Å². The fourth-order valence-electron chi connectivity index (χ4n) is 4.88. The number of halogens is 3. The third kappa shape index (κ3) is 3.87. The largest absolute Gasteiger partial charge is 0.383 e. The summed E-state index contributed by atoms with van der Waals surface area (Å²) in [6.45, 7) is 3.39. The van der Waals surface area contributed by atoms with Crippen molar-refractivity contribution in [1.82, 2.24) is 34.2 Å². The first kappa shape index (κ1) is 23.0. The van der Waals surface area contributed by atoms with Gasteiger partial charge < -0.3 is 15.2 Å². The van der Waals surface area contributed by atoms with E-state index in [1.807, 2.05) is 4.57 Å². The maximum atomic E-state index is 14.9. The van der Waals surface area contributed by atoms with Crippen LogP contribution in [0, 0.1) is 17.7 Å². The lowest BCUT2D eigenvalue weighted by molar-refractivity contribution is -0.129. The number of likely N-dealkylation sites (tertiary alicyclic amines) is 1. The lowest BCUT2D eigenvalue weighted by Crippen LogP contribution is -2.38. The van der Waals surface area contributed by atoms with Crippen LogP contribution in [0.25, 0.3) is 22.1 Å². The second-order valence-corrected chi connectivity index (χ2v) is 9.19. The van der Waals surface area contributed by atoms with Crippen LogP contribution in [0.5, 0.6) is 0 Å². The molecule has 3 aromatic heterocycles. The molecule has 1 aliphatic carbocycles. The Morgan fingerprint density at radius 1 is 1.19 bits per heavy atom. The van der Waals surface area contributed by atoms with Gasteiger partial charge in [0, 0.05) is 18.7 Å². The number of benzene rings is 1. The summed E-state index contributed by atoms with van der Waals surface area (Å²) in [7, 11) is 0. The molecule has 9 nitrogen and oxygen atoms in total. The number of carbonyl (C=O) groups is 1. The molecular formula is C25H21F3N8O. The number of imidazole rings is 1. The molecule has 2 atom stereocenters. The zero-order valence-corrected chi connectivity index (χ0v) is 19.5. The van der Waals surface area contributed by atoms with Gasteiger partial charge in [-0.05, 0) is 37.3 Å². The van der Waals surface area contributed by atoms with Gasteiger partial charge in [0.1, 0.15) is 23.7 Å². The smallest absolute Gasteiger partial charge is 0.258 e. The van der Waals surface area contributed by atoms with Crippen molar-refractivity contribution in [3.63, 3.8) is 0 Å². The van der Waals surface area contributed by atoms with Crippen molar-refractivity contribution in [2.75, 3.05) is 12.3 Å². The minimum atomic E-state index is -2.74. The van der Waals surface area contributed by atoms with Gasteiger partial charge >= 0.3 is 0 Å². The van der Waals surface area contributed by atoms with Crippen LogP contribution in [-0.4, -0.2) is 59.1 Å². The van der Waals surface area contributed by atoms with Crippen LogP contribution in [-0.2, 0) is 4.79 Å². The highest BCUT2D eigenvalue weighted by molar-refractivity contribution is 5.91. The molecule has 2 aliphatic rings. The lowest BCUT2D eigenvalue weighted by atomic mass is 10.1. The first-order chi connectivity index (χ1) is 17.9. The minimum absolute atomic E-state index is 0.0115. The fraction of sp³-hybridized carbons (Fsp3) is 0.320. The minimum Gasteiger partial charge on any atom is -0.383 e. The Bertz CT molecular complexity index is 1630. The summed E-state index contributed by atoms with van der Waals surface area (Å²) in [5.74, 6) is 4.67. The van der Waals surface area contributed by atoms with Gasteiger partial charge in [-0.1, -0.05) is 12.5 Å². The molecule has 37 heavy (non-hydrogen) atoms. The Kier molecular flexibility index (Phi) is 5.36. The van der Waals surface area contributed by atoms with Crippen LogP contribution in [0.1, 0.15) is 42.6 Å². The summed E-state index contributed by atoms with van der Waals surface area (Å²) in [6, 6.07) is 1.47. The van der Waals surface area contributed by atoms with Gasteiger partial charge in [-0.15, -0.1) is 0 Å². The van der Waals surface area contributed by atoms with E-state index in [1.54, 1.807) is 12.4 Å². The topological polar surface area (TPSA) is 108 Å². The number of rotatable bonds is 4. The van der Waals surface area contributed by atoms with Gasteiger partial charge in [0.2, 0.25) is 5.91 Å². The van der Waals surface area contributed by atoms with Crippen molar-refractivity contribution < 1.29 is 18.0 Å². The van der Waals surface area contributed by atoms with Crippen molar-refractivity contribution in [1.29, 1.82) is 0 Å². The average Bonchev–Trinajstić information content (AvgIpc) is 3.32. The average molecular weight is 506 g/mol. The molecule has 12 heteroatoms. The Hall–Kier alpha value is -4.40. The highest BCUT2D eigenvalue weighted by atomic mass is 19.3. The SMILES string of the molecule is C=CC(=O)N1CC(n2nc(C#Cc3cc4ncn(C5CC5)c4cc3F)c3c(N)ncnc32)C[C@@H]1C(F)F. The summed E-state index contributed by atoms with van der Waals surface area (Å²) in [4.78, 5) is 25.9. The van der Waals surface area contributed by atoms with Gasteiger partial charge in [0.25, 0.3) is 6.43 Å². The van der Waals surface area contributed by atoms with Crippen molar-refractivity contribution in [2.24, 2.45) is 0 Å². The van der Waals surface area contributed by atoms with Gasteiger partial charge in [0.15, 0.2) is 5.65 Å². The number of nitrogens with two attached hydrogens (primary N) is 1.